The second-order valence-electron chi connectivity index (χ2n) is 4.12. The molecular formula is C14H19NO2. The highest BCUT2D eigenvalue weighted by molar-refractivity contribution is 5.97. The Morgan fingerprint density at radius 1 is 1.24 bits per heavy atom. The van der Waals surface area contributed by atoms with Crippen molar-refractivity contribution >= 4 is 11.6 Å². The molecule has 92 valence electrons. The Morgan fingerprint density at radius 3 is 2.41 bits per heavy atom. The summed E-state index contributed by atoms with van der Waals surface area (Å²) < 4.78 is 0. The first kappa shape index (κ1) is 13.6. The molecule has 0 saturated heterocycles. The summed E-state index contributed by atoms with van der Waals surface area (Å²) in [5.74, 6) is 0.112. The number of nitrogens with one attached hydrogen (secondary N) is 1. The first-order valence-electron chi connectivity index (χ1n) is 5.97. The van der Waals surface area contributed by atoms with Crippen molar-refractivity contribution in [1.82, 2.24) is 5.32 Å². The molecule has 0 aliphatic heterocycles. The molecule has 0 aliphatic rings. The third kappa shape index (κ3) is 4.49. The molecule has 0 saturated carbocycles. The highest BCUT2D eigenvalue weighted by atomic mass is 16.1. The van der Waals surface area contributed by atoms with Crippen molar-refractivity contribution in [2.45, 2.75) is 32.7 Å². The first-order chi connectivity index (χ1) is 8.15. The normalized spacial score (nSPS) is 12.1. The second-order valence-corrected chi connectivity index (χ2v) is 4.12. The average molecular weight is 233 g/mol. The molecule has 1 aromatic carbocycles. The highest BCUT2D eigenvalue weighted by Crippen LogP contribution is 2.01. The SMILES string of the molecule is CCCC(NCC(=O)c1ccccc1)C(C)=O. The Labute approximate surface area is 102 Å². The molecule has 1 rings (SSSR count). The molecule has 1 N–H and O–H groups in total. The fraction of sp³-hybridized carbons (Fsp3) is 0.429. The Balaban J connectivity index is 2.49. The van der Waals surface area contributed by atoms with E-state index in [4.69, 9.17) is 0 Å². The summed E-state index contributed by atoms with van der Waals surface area (Å²) >= 11 is 0. The van der Waals surface area contributed by atoms with Crippen LogP contribution in [-0.2, 0) is 4.79 Å². The van der Waals surface area contributed by atoms with Crippen LogP contribution in [-0.4, -0.2) is 24.2 Å². The van der Waals surface area contributed by atoms with Gasteiger partial charge in [-0.25, -0.2) is 0 Å². The van der Waals surface area contributed by atoms with Gasteiger partial charge in [-0.05, 0) is 13.3 Å². The maximum atomic E-state index is 11.8. The van der Waals surface area contributed by atoms with Gasteiger partial charge in [0.1, 0.15) is 5.78 Å². The van der Waals surface area contributed by atoms with Gasteiger partial charge in [0.25, 0.3) is 0 Å². The zero-order valence-corrected chi connectivity index (χ0v) is 10.4. The largest absolute Gasteiger partial charge is 0.300 e. The molecule has 3 nitrogen and oxygen atoms in total. The van der Waals surface area contributed by atoms with Crippen LogP contribution < -0.4 is 5.32 Å². The second kappa shape index (κ2) is 6.97. The first-order valence-corrected chi connectivity index (χ1v) is 5.97. The Morgan fingerprint density at radius 2 is 1.88 bits per heavy atom. The van der Waals surface area contributed by atoms with Gasteiger partial charge in [0.15, 0.2) is 5.78 Å². The number of carbonyl (C=O) groups is 2. The minimum atomic E-state index is -0.201. The lowest BCUT2D eigenvalue weighted by atomic mass is 10.1. The summed E-state index contributed by atoms with van der Waals surface area (Å²) in [4.78, 5) is 23.1. The molecule has 0 aromatic heterocycles. The molecule has 0 heterocycles. The van der Waals surface area contributed by atoms with Crippen LogP contribution in [0.2, 0.25) is 0 Å². The molecule has 0 radical (unpaired) electrons. The zero-order valence-electron chi connectivity index (χ0n) is 10.4. The quantitative estimate of drug-likeness (QED) is 0.734. The summed E-state index contributed by atoms with van der Waals surface area (Å²) in [6.45, 7) is 3.80. The number of hydrogen-bond acceptors (Lipinski definition) is 3. The van der Waals surface area contributed by atoms with E-state index in [1.165, 1.54) is 0 Å². The number of benzene rings is 1. The van der Waals surface area contributed by atoms with E-state index in [0.717, 1.165) is 12.8 Å². The van der Waals surface area contributed by atoms with Crippen LogP contribution >= 0.6 is 0 Å². The molecule has 0 bridgehead atoms. The number of Topliss-reactive ketones (excluding diaryl/α,β-unsaturated/α-hetero) is 2. The number of rotatable bonds is 7. The van der Waals surface area contributed by atoms with Gasteiger partial charge >= 0.3 is 0 Å². The maximum Gasteiger partial charge on any atom is 0.176 e. The topological polar surface area (TPSA) is 46.2 Å². The lowest BCUT2D eigenvalue weighted by molar-refractivity contribution is -0.119. The predicted molar refractivity (Wildman–Crippen MR) is 68.2 cm³/mol. The van der Waals surface area contributed by atoms with Gasteiger partial charge in [-0.1, -0.05) is 43.7 Å². The number of hydrogen-bond donors (Lipinski definition) is 1. The summed E-state index contributed by atoms with van der Waals surface area (Å²) in [5.41, 5.74) is 0.679. The van der Waals surface area contributed by atoms with Crippen LogP contribution in [0.1, 0.15) is 37.0 Å². The Kier molecular flexibility index (Phi) is 5.57. The van der Waals surface area contributed by atoms with Crippen LogP contribution in [0.3, 0.4) is 0 Å². The maximum absolute atomic E-state index is 11.8. The van der Waals surface area contributed by atoms with Gasteiger partial charge in [0.2, 0.25) is 0 Å². The van der Waals surface area contributed by atoms with Crippen molar-refractivity contribution in [2.75, 3.05) is 6.54 Å². The van der Waals surface area contributed by atoms with Gasteiger partial charge in [-0.2, -0.15) is 0 Å². The van der Waals surface area contributed by atoms with Crippen molar-refractivity contribution in [3.63, 3.8) is 0 Å². The molecule has 1 atom stereocenters. The molecule has 17 heavy (non-hydrogen) atoms. The lowest BCUT2D eigenvalue weighted by Gasteiger charge is -2.14. The van der Waals surface area contributed by atoms with Crippen molar-refractivity contribution in [3.05, 3.63) is 35.9 Å². The summed E-state index contributed by atoms with van der Waals surface area (Å²) in [6.07, 6.45) is 1.70. The van der Waals surface area contributed by atoms with Crippen LogP contribution in [0.4, 0.5) is 0 Å². The van der Waals surface area contributed by atoms with Gasteiger partial charge in [-0.3, -0.25) is 9.59 Å². The molecule has 0 aliphatic carbocycles. The lowest BCUT2D eigenvalue weighted by Crippen LogP contribution is -2.38. The summed E-state index contributed by atoms with van der Waals surface area (Å²) in [7, 11) is 0. The summed E-state index contributed by atoms with van der Waals surface area (Å²) in [5, 5.41) is 3.02. The monoisotopic (exact) mass is 233 g/mol. The molecule has 3 heteroatoms. The minimum absolute atomic E-state index is 0.0213. The molecule has 0 spiro atoms. The van der Waals surface area contributed by atoms with Gasteiger partial charge < -0.3 is 5.32 Å². The number of carbonyl (C=O) groups excluding carboxylic acids is 2. The van der Waals surface area contributed by atoms with Crippen molar-refractivity contribution in [2.24, 2.45) is 0 Å². The van der Waals surface area contributed by atoms with Crippen LogP contribution in [0.5, 0.6) is 0 Å². The van der Waals surface area contributed by atoms with E-state index in [2.05, 4.69) is 5.32 Å². The molecule has 1 aromatic rings. The fourth-order valence-corrected chi connectivity index (χ4v) is 1.68. The molecule has 0 amide bonds. The predicted octanol–water partition coefficient (Wildman–Crippen LogP) is 2.22. The molecular weight excluding hydrogens is 214 g/mol. The molecule has 0 fully saturated rings. The van der Waals surface area contributed by atoms with E-state index < -0.39 is 0 Å². The zero-order chi connectivity index (χ0) is 12.7. The smallest absolute Gasteiger partial charge is 0.176 e. The van der Waals surface area contributed by atoms with E-state index in [1.807, 2.05) is 25.1 Å². The van der Waals surface area contributed by atoms with Crippen molar-refractivity contribution in [1.29, 1.82) is 0 Å². The van der Waals surface area contributed by atoms with E-state index >= 15 is 0 Å². The summed E-state index contributed by atoms with van der Waals surface area (Å²) in [6, 6.07) is 8.91. The average Bonchev–Trinajstić information content (AvgIpc) is 2.34. The van der Waals surface area contributed by atoms with E-state index in [-0.39, 0.29) is 24.2 Å². The van der Waals surface area contributed by atoms with Gasteiger partial charge in [-0.15, -0.1) is 0 Å². The minimum Gasteiger partial charge on any atom is -0.300 e. The van der Waals surface area contributed by atoms with E-state index in [1.54, 1.807) is 19.1 Å². The number of ketones is 2. The van der Waals surface area contributed by atoms with Crippen molar-refractivity contribution < 1.29 is 9.59 Å². The third-order valence-corrected chi connectivity index (χ3v) is 2.67. The Hall–Kier alpha value is -1.48. The van der Waals surface area contributed by atoms with Crippen LogP contribution in [0.15, 0.2) is 30.3 Å². The van der Waals surface area contributed by atoms with E-state index in [9.17, 15) is 9.59 Å². The van der Waals surface area contributed by atoms with Crippen molar-refractivity contribution in [3.8, 4) is 0 Å². The molecule has 1 unspecified atom stereocenters. The van der Waals surface area contributed by atoms with E-state index in [0.29, 0.717) is 5.56 Å². The van der Waals surface area contributed by atoms with Crippen LogP contribution in [0, 0.1) is 0 Å². The third-order valence-electron chi connectivity index (χ3n) is 2.67. The fourth-order valence-electron chi connectivity index (χ4n) is 1.68. The Bertz CT molecular complexity index is 373. The van der Waals surface area contributed by atoms with Crippen LogP contribution in [0.25, 0.3) is 0 Å². The van der Waals surface area contributed by atoms with Gasteiger partial charge in [0.05, 0.1) is 12.6 Å². The standard InChI is InChI=1S/C14H19NO2/c1-3-7-13(11(2)16)15-10-14(17)12-8-5-4-6-9-12/h4-6,8-9,13,15H,3,7,10H2,1-2H3. The van der Waals surface area contributed by atoms with Gasteiger partial charge in [0, 0.05) is 5.56 Å². The highest BCUT2D eigenvalue weighted by Gasteiger charge is 2.14.